The first-order chi connectivity index (χ1) is 7.79. The van der Waals surface area contributed by atoms with E-state index in [-0.39, 0.29) is 0 Å². The molecule has 0 saturated carbocycles. The van der Waals surface area contributed by atoms with Gasteiger partial charge in [-0.05, 0) is 31.1 Å². The van der Waals surface area contributed by atoms with E-state index in [4.69, 9.17) is 0 Å². The Bertz CT molecular complexity index is 438. The third-order valence-corrected chi connectivity index (χ3v) is 2.51. The predicted molar refractivity (Wildman–Crippen MR) is 68.0 cm³/mol. The maximum absolute atomic E-state index is 4.18. The van der Waals surface area contributed by atoms with E-state index in [9.17, 15) is 0 Å². The van der Waals surface area contributed by atoms with E-state index in [1.165, 1.54) is 22.3 Å². The maximum atomic E-state index is 4.18. The summed E-state index contributed by atoms with van der Waals surface area (Å²) in [4.78, 5) is 4.18. The van der Waals surface area contributed by atoms with Gasteiger partial charge in [-0.2, -0.15) is 0 Å². The molecule has 1 heterocycles. The normalized spacial score (nSPS) is 9.88. The third kappa shape index (κ3) is 2.19. The maximum Gasteiger partial charge on any atom is 0.0346 e. The van der Waals surface area contributed by atoms with Gasteiger partial charge in [-0.25, -0.2) is 0 Å². The summed E-state index contributed by atoms with van der Waals surface area (Å²) in [6.45, 7) is 4.27. The Morgan fingerprint density at radius 3 is 2.12 bits per heavy atom. The van der Waals surface area contributed by atoms with Gasteiger partial charge in [-0.1, -0.05) is 42.0 Å². The van der Waals surface area contributed by atoms with Crippen molar-refractivity contribution in [3.8, 4) is 0 Å². The van der Waals surface area contributed by atoms with Crippen LogP contribution in [0.25, 0.3) is 5.57 Å². The van der Waals surface area contributed by atoms with Crippen molar-refractivity contribution >= 4 is 5.57 Å². The summed E-state index contributed by atoms with van der Waals surface area (Å²) in [5.74, 6) is 0. The highest BCUT2D eigenvalue weighted by Gasteiger charge is 2.05. The lowest BCUT2D eigenvalue weighted by Crippen LogP contribution is -1.90. The second-order valence-corrected chi connectivity index (χ2v) is 3.98. The zero-order valence-corrected chi connectivity index (χ0v) is 9.64. The van der Waals surface area contributed by atoms with Crippen LogP contribution in [-0.2, 0) is 0 Å². The molecule has 2 aromatic rings. The zero-order chi connectivity index (χ0) is 11.4. The van der Waals surface area contributed by atoms with Crippen molar-refractivity contribution in [2.75, 3.05) is 0 Å². The Balaban J connectivity index is 2.54. The van der Waals surface area contributed by atoms with E-state index in [1.54, 1.807) is 6.20 Å². The smallest absolute Gasteiger partial charge is 0.0346 e. The second-order valence-electron chi connectivity index (χ2n) is 3.98. The van der Waals surface area contributed by atoms with Crippen molar-refractivity contribution in [3.63, 3.8) is 0 Å². The molecular weight excluding hydrogens is 194 g/mol. The van der Waals surface area contributed by atoms with E-state index in [2.05, 4.69) is 49.2 Å². The first kappa shape index (κ1) is 10.6. The van der Waals surface area contributed by atoms with E-state index >= 15 is 0 Å². The largest absolute Gasteiger partial charge is 0.264 e. The van der Waals surface area contributed by atoms with Crippen LogP contribution >= 0.6 is 0 Å². The average molecular weight is 209 g/mol. The highest BCUT2D eigenvalue weighted by molar-refractivity contribution is 5.81. The quantitative estimate of drug-likeness (QED) is 0.730. The fourth-order valence-corrected chi connectivity index (χ4v) is 1.86. The Hall–Kier alpha value is -1.89. The molecule has 0 N–H and O–H groups in total. The van der Waals surface area contributed by atoms with Crippen LogP contribution < -0.4 is 0 Å². The first-order valence-electron chi connectivity index (χ1n) is 5.42. The Morgan fingerprint density at radius 2 is 1.56 bits per heavy atom. The van der Waals surface area contributed by atoms with Crippen molar-refractivity contribution < 1.29 is 0 Å². The molecule has 16 heavy (non-hydrogen) atoms. The molecule has 0 unspecified atom stereocenters. The van der Waals surface area contributed by atoms with Crippen LogP contribution in [0.5, 0.6) is 0 Å². The van der Waals surface area contributed by atoms with Crippen LogP contribution in [0.1, 0.15) is 25.0 Å². The molecule has 1 nitrogen and oxygen atoms in total. The number of pyridine rings is 1. The standard InChI is InChI=1S/C15H15N/c1-12(2)15(13-7-4-3-5-8-13)14-9-6-10-16-11-14/h3-11H,1-2H3. The SMILES string of the molecule is CC(C)=C(c1ccccc1)c1cccnc1. The number of hydrogen-bond donors (Lipinski definition) is 0. The molecule has 0 radical (unpaired) electrons. The molecule has 0 aliphatic heterocycles. The topological polar surface area (TPSA) is 12.9 Å². The van der Waals surface area contributed by atoms with Gasteiger partial charge >= 0.3 is 0 Å². The zero-order valence-electron chi connectivity index (χ0n) is 9.64. The molecule has 0 bridgehead atoms. The summed E-state index contributed by atoms with van der Waals surface area (Å²) in [5.41, 5.74) is 5.00. The molecule has 0 aliphatic carbocycles. The highest BCUT2D eigenvalue weighted by Crippen LogP contribution is 2.25. The van der Waals surface area contributed by atoms with Crippen molar-refractivity contribution in [2.24, 2.45) is 0 Å². The minimum Gasteiger partial charge on any atom is -0.264 e. The molecule has 0 amide bonds. The predicted octanol–water partition coefficient (Wildman–Crippen LogP) is 3.92. The van der Waals surface area contributed by atoms with Gasteiger partial charge in [0, 0.05) is 18.0 Å². The summed E-state index contributed by atoms with van der Waals surface area (Å²) < 4.78 is 0. The van der Waals surface area contributed by atoms with Gasteiger partial charge in [0.2, 0.25) is 0 Å². The van der Waals surface area contributed by atoms with Gasteiger partial charge in [0.05, 0.1) is 0 Å². The van der Waals surface area contributed by atoms with Crippen molar-refractivity contribution in [1.29, 1.82) is 0 Å². The molecule has 0 spiro atoms. The van der Waals surface area contributed by atoms with Crippen molar-refractivity contribution in [1.82, 2.24) is 4.98 Å². The summed E-state index contributed by atoms with van der Waals surface area (Å²) in [5, 5.41) is 0. The number of hydrogen-bond acceptors (Lipinski definition) is 1. The number of rotatable bonds is 2. The van der Waals surface area contributed by atoms with E-state index in [1.807, 2.05) is 18.3 Å². The summed E-state index contributed by atoms with van der Waals surface area (Å²) in [7, 11) is 0. The minimum atomic E-state index is 1.17. The minimum absolute atomic E-state index is 1.17. The molecule has 0 saturated heterocycles. The van der Waals surface area contributed by atoms with Crippen LogP contribution in [0.4, 0.5) is 0 Å². The first-order valence-corrected chi connectivity index (χ1v) is 5.42. The van der Waals surface area contributed by atoms with Crippen LogP contribution in [0.15, 0.2) is 60.4 Å². The monoisotopic (exact) mass is 209 g/mol. The van der Waals surface area contributed by atoms with Crippen LogP contribution in [-0.4, -0.2) is 4.98 Å². The van der Waals surface area contributed by atoms with Gasteiger partial charge in [0.15, 0.2) is 0 Å². The summed E-state index contributed by atoms with van der Waals surface area (Å²) >= 11 is 0. The van der Waals surface area contributed by atoms with E-state index in [0.717, 1.165) is 0 Å². The van der Waals surface area contributed by atoms with Crippen LogP contribution in [0, 0.1) is 0 Å². The van der Waals surface area contributed by atoms with Gasteiger partial charge in [0.25, 0.3) is 0 Å². The fourth-order valence-electron chi connectivity index (χ4n) is 1.86. The molecule has 1 aromatic carbocycles. The summed E-state index contributed by atoms with van der Waals surface area (Å²) in [6.07, 6.45) is 3.71. The summed E-state index contributed by atoms with van der Waals surface area (Å²) in [6, 6.07) is 14.5. The van der Waals surface area contributed by atoms with Gasteiger partial charge in [-0.15, -0.1) is 0 Å². The highest BCUT2D eigenvalue weighted by atomic mass is 14.6. The molecule has 80 valence electrons. The lowest BCUT2D eigenvalue weighted by molar-refractivity contribution is 1.29. The molecule has 1 aromatic heterocycles. The number of nitrogens with zero attached hydrogens (tertiary/aromatic N) is 1. The third-order valence-electron chi connectivity index (χ3n) is 2.51. The Kier molecular flexibility index (Phi) is 3.16. The molecule has 2 rings (SSSR count). The van der Waals surface area contributed by atoms with Crippen LogP contribution in [0.2, 0.25) is 0 Å². The molecule has 0 atom stereocenters. The Morgan fingerprint density at radius 1 is 0.875 bits per heavy atom. The van der Waals surface area contributed by atoms with Gasteiger partial charge in [-0.3, -0.25) is 4.98 Å². The number of aromatic nitrogens is 1. The molecule has 1 heteroatoms. The number of benzene rings is 1. The van der Waals surface area contributed by atoms with Gasteiger partial charge in [0.1, 0.15) is 0 Å². The fraction of sp³-hybridized carbons (Fsp3) is 0.133. The van der Waals surface area contributed by atoms with E-state index in [0.29, 0.717) is 0 Å². The molecule has 0 fully saturated rings. The van der Waals surface area contributed by atoms with Crippen molar-refractivity contribution in [3.05, 3.63) is 71.6 Å². The second kappa shape index (κ2) is 4.75. The van der Waals surface area contributed by atoms with Gasteiger partial charge < -0.3 is 0 Å². The average Bonchev–Trinajstić information content (AvgIpc) is 2.31. The Labute approximate surface area is 96.5 Å². The number of allylic oxidation sites excluding steroid dienone is 1. The van der Waals surface area contributed by atoms with Crippen molar-refractivity contribution in [2.45, 2.75) is 13.8 Å². The van der Waals surface area contributed by atoms with E-state index < -0.39 is 0 Å². The van der Waals surface area contributed by atoms with Crippen LogP contribution in [0.3, 0.4) is 0 Å². The lowest BCUT2D eigenvalue weighted by atomic mass is 9.95. The molecular formula is C15H15N. The molecule has 0 aliphatic rings. The lowest BCUT2D eigenvalue weighted by Gasteiger charge is -2.10.